The highest BCUT2D eigenvalue weighted by Gasteiger charge is 2.28. The van der Waals surface area contributed by atoms with Gasteiger partial charge in [-0.15, -0.1) is 22.7 Å². The summed E-state index contributed by atoms with van der Waals surface area (Å²) in [4.78, 5) is 4.47. The van der Waals surface area contributed by atoms with Gasteiger partial charge in [-0.25, -0.2) is 0 Å². The van der Waals surface area contributed by atoms with Crippen molar-refractivity contribution < 1.29 is 0 Å². The van der Waals surface area contributed by atoms with Crippen LogP contribution in [0, 0.1) is 36.5 Å². The largest absolute Gasteiger partial charge is 0.328 e. The number of rotatable bonds is 0. The summed E-state index contributed by atoms with van der Waals surface area (Å²) in [7, 11) is 4.20. The molecule has 4 nitrogen and oxygen atoms in total. The maximum absolute atomic E-state index is 9.07. The van der Waals surface area contributed by atoms with Gasteiger partial charge in [0.25, 0.3) is 0 Å². The van der Waals surface area contributed by atoms with E-state index in [-0.39, 0.29) is 5.57 Å². The molecule has 0 unspecified atom stereocenters. The second kappa shape index (κ2) is 5.88. The number of fused-ring (bicyclic) bond motifs is 2. The molecule has 1 aliphatic heterocycles. The fourth-order valence-corrected chi connectivity index (χ4v) is 5.77. The van der Waals surface area contributed by atoms with Crippen molar-refractivity contribution in [1.29, 1.82) is 10.5 Å². The van der Waals surface area contributed by atoms with E-state index < -0.39 is 0 Å². The maximum Gasteiger partial charge on any atom is 0.146 e. The van der Waals surface area contributed by atoms with Crippen LogP contribution in [0.1, 0.15) is 11.1 Å². The van der Waals surface area contributed by atoms with E-state index >= 15 is 0 Å². The minimum atomic E-state index is 0.182. The Labute approximate surface area is 159 Å². The van der Waals surface area contributed by atoms with Crippen LogP contribution in [0.2, 0.25) is 0 Å². The van der Waals surface area contributed by atoms with Crippen LogP contribution < -0.4 is 18.9 Å². The Morgan fingerprint density at radius 3 is 1.88 bits per heavy atom. The average Bonchev–Trinajstić information content (AvgIpc) is 3.22. The Kier molecular flexibility index (Phi) is 3.77. The van der Waals surface area contributed by atoms with Crippen LogP contribution >= 0.6 is 22.7 Å². The highest BCUT2D eigenvalue weighted by atomic mass is 32.1. The Balaban J connectivity index is 1.93. The fraction of sp³-hybridized carbons (Fsp3) is 0.200. The van der Waals surface area contributed by atoms with E-state index in [0.29, 0.717) is 0 Å². The molecule has 3 heterocycles. The predicted octanol–water partition coefficient (Wildman–Crippen LogP) is 3.43. The monoisotopic (exact) mass is 376 g/mol. The summed E-state index contributed by atoms with van der Waals surface area (Å²) in [6, 6.07) is 12.5. The van der Waals surface area contributed by atoms with Crippen LogP contribution in [0.3, 0.4) is 0 Å². The van der Waals surface area contributed by atoms with Crippen molar-refractivity contribution in [3.63, 3.8) is 0 Å². The summed E-state index contributed by atoms with van der Waals surface area (Å²) in [5.41, 5.74) is 5.19. The van der Waals surface area contributed by atoms with Gasteiger partial charge in [-0.2, -0.15) is 10.5 Å². The van der Waals surface area contributed by atoms with E-state index in [1.54, 1.807) is 11.3 Å². The molecule has 4 rings (SSSR count). The summed E-state index contributed by atoms with van der Waals surface area (Å²) >= 11 is 3.20. The molecule has 0 amide bonds. The zero-order chi connectivity index (χ0) is 18.6. The second-order valence-corrected chi connectivity index (χ2v) is 8.58. The third-order valence-corrected chi connectivity index (χ3v) is 7.15. The lowest BCUT2D eigenvalue weighted by Gasteiger charge is -2.17. The first-order valence-corrected chi connectivity index (χ1v) is 9.74. The Hall–Kier alpha value is -2.80. The van der Waals surface area contributed by atoms with Crippen LogP contribution in [-0.4, -0.2) is 14.1 Å². The van der Waals surface area contributed by atoms with Crippen molar-refractivity contribution in [1.82, 2.24) is 0 Å². The van der Waals surface area contributed by atoms with Gasteiger partial charge >= 0.3 is 0 Å². The van der Waals surface area contributed by atoms with E-state index in [4.69, 9.17) is 10.5 Å². The lowest BCUT2D eigenvalue weighted by atomic mass is 10.1. The molecule has 0 spiro atoms. The van der Waals surface area contributed by atoms with Crippen molar-refractivity contribution in [2.24, 2.45) is 0 Å². The van der Waals surface area contributed by atoms with Gasteiger partial charge in [-0.05, 0) is 49.2 Å². The minimum absolute atomic E-state index is 0.182. The quantitative estimate of drug-likeness (QED) is 0.603. The van der Waals surface area contributed by atoms with E-state index in [0.717, 1.165) is 19.8 Å². The van der Waals surface area contributed by atoms with E-state index in [2.05, 4.69) is 55.9 Å². The molecule has 0 saturated heterocycles. The summed E-state index contributed by atoms with van der Waals surface area (Å²) in [6.07, 6.45) is 0. The Morgan fingerprint density at radius 1 is 0.846 bits per heavy atom. The van der Waals surface area contributed by atoms with Crippen molar-refractivity contribution in [2.75, 3.05) is 23.9 Å². The third-order valence-electron chi connectivity index (χ3n) is 4.85. The smallest absolute Gasteiger partial charge is 0.146 e. The SMILES string of the molecule is Cc1cc2c(cc1C)N(C)C(=c1cc3sc(=C(C#N)C#N)cc3s1)N2C. The van der Waals surface area contributed by atoms with E-state index in [1.807, 2.05) is 18.2 Å². The Morgan fingerprint density at radius 2 is 1.38 bits per heavy atom. The molecule has 2 aromatic heterocycles. The van der Waals surface area contributed by atoms with Crippen molar-refractivity contribution in [3.05, 3.63) is 44.5 Å². The van der Waals surface area contributed by atoms with Crippen LogP contribution in [0.5, 0.6) is 0 Å². The molecular formula is C20H16N4S2. The molecule has 1 aliphatic rings. The number of hydrogen-bond donors (Lipinski definition) is 0. The maximum atomic E-state index is 9.07. The topological polar surface area (TPSA) is 54.1 Å². The van der Waals surface area contributed by atoms with Gasteiger partial charge in [-0.1, -0.05) is 0 Å². The van der Waals surface area contributed by atoms with Crippen LogP contribution in [0.4, 0.5) is 11.4 Å². The average molecular weight is 377 g/mol. The molecule has 0 bridgehead atoms. The molecule has 0 radical (unpaired) electrons. The molecular weight excluding hydrogens is 360 g/mol. The number of anilines is 2. The normalized spacial score (nSPS) is 13.1. The van der Waals surface area contributed by atoms with Gasteiger partial charge in [0.05, 0.1) is 20.4 Å². The fourth-order valence-electron chi connectivity index (χ4n) is 3.31. The van der Waals surface area contributed by atoms with Gasteiger partial charge < -0.3 is 9.80 Å². The van der Waals surface area contributed by atoms with Crippen molar-refractivity contribution in [3.8, 4) is 12.1 Å². The first kappa shape index (κ1) is 16.7. The summed E-state index contributed by atoms with van der Waals surface area (Å²) < 4.78 is 4.15. The third kappa shape index (κ3) is 2.31. The molecule has 0 saturated carbocycles. The summed E-state index contributed by atoms with van der Waals surface area (Å²) in [6.45, 7) is 4.28. The first-order valence-electron chi connectivity index (χ1n) is 8.11. The summed E-state index contributed by atoms with van der Waals surface area (Å²) in [5.74, 6) is 1.16. The molecule has 3 aromatic rings. The molecule has 0 aliphatic carbocycles. The number of thiophene rings is 2. The number of nitrogens with zero attached hydrogens (tertiary/aromatic N) is 4. The highest BCUT2D eigenvalue weighted by Crippen LogP contribution is 2.41. The number of hydrogen-bond acceptors (Lipinski definition) is 6. The molecule has 0 N–H and O–H groups in total. The van der Waals surface area contributed by atoms with E-state index in [9.17, 15) is 0 Å². The molecule has 0 fully saturated rings. The van der Waals surface area contributed by atoms with Gasteiger partial charge in [0.1, 0.15) is 23.5 Å². The van der Waals surface area contributed by atoms with Crippen molar-refractivity contribution in [2.45, 2.75) is 13.8 Å². The predicted molar refractivity (Wildman–Crippen MR) is 110 cm³/mol. The number of benzene rings is 1. The minimum Gasteiger partial charge on any atom is -0.328 e. The van der Waals surface area contributed by atoms with Crippen LogP contribution in [-0.2, 0) is 0 Å². The lowest BCUT2D eigenvalue weighted by molar-refractivity contribution is 1.17. The van der Waals surface area contributed by atoms with Gasteiger partial charge in [0, 0.05) is 23.5 Å². The molecule has 26 heavy (non-hydrogen) atoms. The Bertz CT molecular complexity index is 1170. The van der Waals surface area contributed by atoms with Crippen LogP contribution in [0.15, 0.2) is 24.3 Å². The first-order chi connectivity index (χ1) is 12.4. The zero-order valence-corrected chi connectivity index (χ0v) is 16.5. The number of aryl methyl sites for hydroxylation is 2. The molecule has 128 valence electrons. The molecule has 1 aromatic carbocycles. The standard InChI is InChI=1S/C20H16N4S2/c1-11-5-14-15(6-12(11)2)24(4)20(23(14)3)19-8-18-17(26-19)7-16(25-18)13(9-21)10-22/h5-8H,1-4H3. The van der Waals surface area contributed by atoms with Gasteiger partial charge in [0.2, 0.25) is 0 Å². The summed E-state index contributed by atoms with van der Waals surface area (Å²) in [5, 5.41) is 18.1. The van der Waals surface area contributed by atoms with Gasteiger partial charge in [-0.3, -0.25) is 0 Å². The number of nitriles is 2. The molecule has 6 heteroatoms. The lowest BCUT2D eigenvalue weighted by Crippen LogP contribution is -2.26. The highest BCUT2D eigenvalue weighted by molar-refractivity contribution is 7.25. The van der Waals surface area contributed by atoms with Crippen molar-refractivity contribution >= 4 is 54.8 Å². The van der Waals surface area contributed by atoms with Crippen LogP contribution in [0.25, 0.3) is 20.8 Å². The zero-order valence-electron chi connectivity index (χ0n) is 14.9. The van der Waals surface area contributed by atoms with E-state index in [1.165, 1.54) is 38.4 Å². The van der Waals surface area contributed by atoms with Gasteiger partial charge in [0.15, 0.2) is 0 Å². The second-order valence-electron chi connectivity index (χ2n) is 6.42. The molecule has 0 atom stereocenters.